The van der Waals surface area contributed by atoms with Crippen LogP contribution in [0.3, 0.4) is 0 Å². The number of benzene rings is 1. The predicted molar refractivity (Wildman–Crippen MR) is 102 cm³/mol. The van der Waals surface area contributed by atoms with Gasteiger partial charge in [0.05, 0.1) is 5.92 Å². The SMILES string of the molecule is CC(C)N1CCC(NC(=O)[C@H]2CC(=O)N(c3cccc(Br)c3)C2)CC1. The topological polar surface area (TPSA) is 52.7 Å². The molecule has 2 saturated heterocycles. The Bertz CT molecular complexity index is 641. The van der Waals surface area contributed by atoms with Crippen molar-refractivity contribution in [1.29, 1.82) is 0 Å². The Balaban J connectivity index is 1.55. The number of hydrogen-bond donors (Lipinski definition) is 1. The Kier molecular flexibility index (Phi) is 5.79. The van der Waals surface area contributed by atoms with Crippen LogP contribution in [-0.4, -0.2) is 48.4 Å². The first-order valence-electron chi connectivity index (χ1n) is 9.04. The first-order chi connectivity index (χ1) is 11.9. The molecule has 2 amide bonds. The normalized spacial score (nSPS) is 22.6. The van der Waals surface area contributed by atoms with Gasteiger partial charge in [0.15, 0.2) is 0 Å². The third-order valence-electron chi connectivity index (χ3n) is 5.22. The fraction of sp³-hybridized carbons (Fsp3) is 0.579. The number of carbonyl (C=O) groups excluding carboxylic acids is 2. The molecule has 1 aromatic rings. The molecule has 0 aromatic heterocycles. The summed E-state index contributed by atoms with van der Waals surface area (Å²) in [5, 5.41) is 3.17. The molecule has 1 N–H and O–H groups in total. The van der Waals surface area contributed by atoms with E-state index in [0.717, 1.165) is 36.1 Å². The number of anilines is 1. The maximum atomic E-state index is 12.6. The molecule has 2 heterocycles. The lowest BCUT2D eigenvalue weighted by Gasteiger charge is -2.35. The molecule has 0 bridgehead atoms. The van der Waals surface area contributed by atoms with Gasteiger partial charge >= 0.3 is 0 Å². The molecule has 1 atom stereocenters. The van der Waals surface area contributed by atoms with Crippen molar-refractivity contribution in [3.05, 3.63) is 28.7 Å². The van der Waals surface area contributed by atoms with E-state index in [9.17, 15) is 9.59 Å². The van der Waals surface area contributed by atoms with Crippen molar-refractivity contribution in [1.82, 2.24) is 10.2 Å². The minimum Gasteiger partial charge on any atom is -0.353 e. The van der Waals surface area contributed by atoms with Gasteiger partial charge in [0.25, 0.3) is 0 Å². The molecule has 2 aliphatic rings. The predicted octanol–water partition coefficient (Wildman–Crippen LogP) is 2.79. The van der Waals surface area contributed by atoms with Gasteiger partial charge in [0, 0.05) is 48.3 Å². The lowest BCUT2D eigenvalue weighted by Crippen LogP contribution is -2.48. The zero-order chi connectivity index (χ0) is 18.0. The van der Waals surface area contributed by atoms with Gasteiger partial charge in [-0.1, -0.05) is 22.0 Å². The lowest BCUT2D eigenvalue weighted by atomic mass is 10.0. The highest BCUT2D eigenvalue weighted by Gasteiger charge is 2.36. The van der Waals surface area contributed by atoms with E-state index in [1.165, 1.54) is 0 Å². The zero-order valence-electron chi connectivity index (χ0n) is 14.9. The van der Waals surface area contributed by atoms with Crippen molar-refractivity contribution in [3.8, 4) is 0 Å². The maximum absolute atomic E-state index is 12.6. The summed E-state index contributed by atoms with van der Waals surface area (Å²) in [5.41, 5.74) is 0.847. The van der Waals surface area contributed by atoms with E-state index in [2.05, 4.69) is 40.0 Å². The van der Waals surface area contributed by atoms with Gasteiger partial charge in [-0.15, -0.1) is 0 Å². The zero-order valence-corrected chi connectivity index (χ0v) is 16.5. The van der Waals surface area contributed by atoms with Crippen molar-refractivity contribution < 1.29 is 9.59 Å². The van der Waals surface area contributed by atoms with E-state index in [0.29, 0.717) is 19.0 Å². The van der Waals surface area contributed by atoms with Gasteiger partial charge in [0.2, 0.25) is 11.8 Å². The average Bonchev–Trinajstić information content (AvgIpc) is 2.97. The van der Waals surface area contributed by atoms with Gasteiger partial charge in [-0.25, -0.2) is 0 Å². The highest BCUT2D eigenvalue weighted by Crippen LogP contribution is 2.27. The molecule has 25 heavy (non-hydrogen) atoms. The second-order valence-corrected chi connectivity index (χ2v) is 8.21. The summed E-state index contributed by atoms with van der Waals surface area (Å²) in [6.07, 6.45) is 2.27. The molecule has 0 saturated carbocycles. The number of halogens is 1. The van der Waals surface area contributed by atoms with Gasteiger partial charge in [-0.05, 0) is 44.9 Å². The molecule has 136 valence electrons. The Hall–Kier alpha value is -1.40. The van der Waals surface area contributed by atoms with Crippen LogP contribution in [0.1, 0.15) is 33.1 Å². The Morgan fingerprint density at radius 2 is 2.00 bits per heavy atom. The van der Waals surface area contributed by atoms with E-state index in [1.807, 2.05) is 24.3 Å². The third kappa shape index (κ3) is 4.42. The second kappa shape index (κ2) is 7.87. The van der Waals surface area contributed by atoms with Crippen LogP contribution in [0.4, 0.5) is 5.69 Å². The van der Waals surface area contributed by atoms with Crippen molar-refractivity contribution in [3.63, 3.8) is 0 Å². The Morgan fingerprint density at radius 3 is 2.64 bits per heavy atom. The number of amides is 2. The van der Waals surface area contributed by atoms with Gasteiger partial charge in [0.1, 0.15) is 0 Å². The number of likely N-dealkylation sites (tertiary alicyclic amines) is 1. The molecule has 0 unspecified atom stereocenters. The number of nitrogens with zero attached hydrogens (tertiary/aromatic N) is 2. The first-order valence-corrected chi connectivity index (χ1v) is 9.83. The van der Waals surface area contributed by atoms with Crippen LogP contribution in [0.15, 0.2) is 28.7 Å². The molecular formula is C19H26BrN3O2. The summed E-state index contributed by atoms with van der Waals surface area (Å²) in [7, 11) is 0. The Morgan fingerprint density at radius 1 is 1.28 bits per heavy atom. The highest BCUT2D eigenvalue weighted by atomic mass is 79.9. The molecule has 5 nitrogen and oxygen atoms in total. The highest BCUT2D eigenvalue weighted by molar-refractivity contribution is 9.10. The Labute approximate surface area is 157 Å². The summed E-state index contributed by atoms with van der Waals surface area (Å²) < 4.78 is 0.933. The number of carbonyl (C=O) groups is 2. The number of piperidine rings is 1. The first kappa shape index (κ1) is 18.4. The molecule has 2 aliphatic heterocycles. The van der Waals surface area contributed by atoms with Crippen LogP contribution in [0, 0.1) is 5.92 Å². The fourth-order valence-corrected chi connectivity index (χ4v) is 4.04. The van der Waals surface area contributed by atoms with Crippen LogP contribution >= 0.6 is 15.9 Å². The van der Waals surface area contributed by atoms with Crippen LogP contribution in [0.5, 0.6) is 0 Å². The minimum absolute atomic E-state index is 0.0212. The van der Waals surface area contributed by atoms with Gasteiger partial charge in [-0.3, -0.25) is 9.59 Å². The van der Waals surface area contributed by atoms with Crippen LogP contribution in [-0.2, 0) is 9.59 Å². The molecule has 2 fully saturated rings. The molecule has 0 aliphatic carbocycles. The quantitative estimate of drug-likeness (QED) is 0.834. The van der Waals surface area contributed by atoms with E-state index >= 15 is 0 Å². The van der Waals surface area contributed by atoms with Gasteiger partial charge < -0.3 is 15.1 Å². The summed E-state index contributed by atoms with van der Waals surface area (Å²) in [6, 6.07) is 8.45. The summed E-state index contributed by atoms with van der Waals surface area (Å²) in [5.74, 6) is -0.212. The molecule has 1 aromatic carbocycles. The second-order valence-electron chi connectivity index (χ2n) is 7.30. The van der Waals surface area contributed by atoms with Gasteiger partial charge in [-0.2, -0.15) is 0 Å². The van der Waals surface area contributed by atoms with E-state index in [-0.39, 0.29) is 23.8 Å². The summed E-state index contributed by atoms with van der Waals surface area (Å²) >= 11 is 3.43. The van der Waals surface area contributed by atoms with Crippen LogP contribution in [0.25, 0.3) is 0 Å². The van der Waals surface area contributed by atoms with Crippen molar-refractivity contribution >= 4 is 33.4 Å². The standard InChI is InChI=1S/C19H26BrN3O2/c1-13(2)22-8-6-16(7-9-22)21-19(25)14-10-18(24)23(12-14)17-5-3-4-15(20)11-17/h3-5,11,13-14,16H,6-10,12H2,1-2H3,(H,21,25)/t14-/m0/s1. The third-order valence-corrected chi connectivity index (χ3v) is 5.72. The maximum Gasteiger partial charge on any atom is 0.227 e. The van der Waals surface area contributed by atoms with Crippen molar-refractivity contribution in [2.45, 2.75) is 45.2 Å². The summed E-state index contributed by atoms with van der Waals surface area (Å²) in [6.45, 7) is 6.93. The number of nitrogens with one attached hydrogen (secondary N) is 1. The van der Waals surface area contributed by atoms with Crippen molar-refractivity contribution in [2.24, 2.45) is 5.92 Å². The van der Waals surface area contributed by atoms with E-state index in [1.54, 1.807) is 4.90 Å². The molecule has 6 heteroatoms. The largest absolute Gasteiger partial charge is 0.353 e. The van der Waals surface area contributed by atoms with Crippen molar-refractivity contribution in [2.75, 3.05) is 24.5 Å². The molecule has 3 rings (SSSR count). The fourth-order valence-electron chi connectivity index (χ4n) is 3.66. The smallest absolute Gasteiger partial charge is 0.227 e. The van der Waals surface area contributed by atoms with Crippen LogP contribution < -0.4 is 10.2 Å². The summed E-state index contributed by atoms with van der Waals surface area (Å²) in [4.78, 5) is 29.1. The minimum atomic E-state index is -0.255. The van der Waals surface area contributed by atoms with E-state index < -0.39 is 0 Å². The molecule has 0 spiro atoms. The number of hydrogen-bond acceptors (Lipinski definition) is 3. The van der Waals surface area contributed by atoms with E-state index in [4.69, 9.17) is 0 Å². The number of rotatable bonds is 4. The molecule has 0 radical (unpaired) electrons. The lowest BCUT2D eigenvalue weighted by molar-refractivity contribution is -0.127. The van der Waals surface area contributed by atoms with Crippen LogP contribution in [0.2, 0.25) is 0 Å². The monoisotopic (exact) mass is 407 g/mol. The molecular weight excluding hydrogens is 382 g/mol. The average molecular weight is 408 g/mol.